The van der Waals surface area contributed by atoms with Gasteiger partial charge in [-0.25, -0.2) is 22.9 Å². The predicted octanol–water partition coefficient (Wildman–Crippen LogP) is 3.99. The van der Waals surface area contributed by atoms with Gasteiger partial charge in [0, 0.05) is 41.5 Å². The Bertz CT molecular complexity index is 1190. The van der Waals surface area contributed by atoms with E-state index in [1.165, 1.54) is 11.3 Å². The van der Waals surface area contributed by atoms with Crippen molar-refractivity contribution >= 4 is 61.6 Å². The van der Waals surface area contributed by atoms with Gasteiger partial charge in [0.25, 0.3) is 0 Å². The number of benzene rings is 1. The number of thioether (sulfide) groups is 1. The van der Waals surface area contributed by atoms with E-state index < -0.39 is 10.0 Å². The highest BCUT2D eigenvalue weighted by molar-refractivity contribution is 8.01. The number of likely N-dealkylation sites (tertiary alicyclic amines) is 1. The number of nitrogens with zero attached hydrogens (tertiary/aromatic N) is 3. The fourth-order valence-electron chi connectivity index (χ4n) is 4.75. The van der Waals surface area contributed by atoms with E-state index in [1.807, 2.05) is 23.1 Å². The lowest BCUT2D eigenvalue weighted by Gasteiger charge is -2.25. The van der Waals surface area contributed by atoms with Gasteiger partial charge in [-0.05, 0) is 63.0 Å². The Labute approximate surface area is 213 Å². The monoisotopic (exact) mass is 541 g/mol. The molecule has 34 heavy (non-hydrogen) atoms. The zero-order valence-corrected chi connectivity index (χ0v) is 22.1. The standard InChI is InChI=1S/C22H28ClN5O3S3/c1-27-9-7-22(13-27)14-28(18-6-3-15(23)11-17(18)22)21(29)26-20-24-12-19(33-20)32-10-2-8-25-34(30,31)16-4-5-16/h3,6,11-12,16,25H,2,4-5,7-10,13-14H2,1H3,(H,24,26,29). The van der Waals surface area contributed by atoms with Crippen molar-refractivity contribution in [3.63, 3.8) is 0 Å². The lowest BCUT2D eigenvalue weighted by atomic mass is 9.81. The Morgan fingerprint density at radius 1 is 1.35 bits per heavy atom. The number of hydrogen-bond acceptors (Lipinski definition) is 7. The zero-order valence-electron chi connectivity index (χ0n) is 18.9. The first-order valence-corrected chi connectivity index (χ1v) is 15.1. The molecular weight excluding hydrogens is 514 g/mol. The van der Waals surface area contributed by atoms with Crippen LogP contribution in [0.2, 0.25) is 5.02 Å². The number of anilines is 2. The van der Waals surface area contributed by atoms with Gasteiger partial charge in [-0.15, -0.1) is 11.8 Å². The Morgan fingerprint density at radius 2 is 2.18 bits per heavy atom. The summed E-state index contributed by atoms with van der Waals surface area (Å²) in [6, 6.07) is 5.59. The van der Waals surface area contributed by atoms with Gasteiger partial charge in [0.2, 0.25) is 10.0 Å². The van der Waals surface area contributed by atoms with Crippen molar-refractivity contribution in [2.45, 2.75) is 40.6 Å². The van der Waals surface area contributed by atoms with Crippen molar-refractivity contribution in [3.8, 4) is 0 Å². The number of sulfonamides is 1. The summed E-state index contributed by atoms with van der Waals surface area (Å²) in [6.45, 7) is 2.97. The van der Waals surface area contributed by atoms with Gasteiger partial charge < -0.3 is 4.90 Å². The first-order chi connectivity index (χ1) is 16.3. The normalized spacial score (nSPS) is 22.5. The molecule has 1 aromatic carbocycles. The van der Waals surface area contributed by atoms with Gasteiger partial charge in [-0.1, -0.05) is 22.9 Å². The van der Waals surface area contributed by atoms with Crippen LogP contribution in [0, 0.1) is 0 Å². The molecule has 2 aliphatic heterocycles. The molecule has 2 N–H and O–H groups in total. The molecule has 1 saturated heterocycles. The number of thiazole rings is 1. The largest absolute Gasteiger partial charge is 0.328 e. The minimum atomic E-state index is -3.12. The Balaban J connectivity index is 1.16. The summed E-state index contributed by atoms with van der Waals surface area (Å²) in [7, 11) is -1.01. The number of nitrogens with one attached hydrogen (secondary N) is 2. The van der Waals surface area contributed by atoms with Crippen LogP contribution in [0.3, 0.4) is 0 Å². The number of carbonyl (C=O) groups excluding carboxylic acids is 1. The van der Waals surface area contributed by atoms with E-state index in [4.69, 9.17) is 11.6 Å². The number of hydrogen-bond donors (Lipinski definition) is 2. The SMILES string of the molecule is CN1CCC2(C1)CN(C(=O)Nc1ncc(SCCCNS(=O)(=O)C3CC3)s1)c1ccc(Cl)cc12. The van der Waals surface area contributed by atoms with Gasteiger partial charge in [-0.2, -0.15) is 0 Å². The maximum atomic E-state index is 13.2. The summed E-state index contributed by atoms with van der Waals surface area (Å²) in [5, 5.41) is 4.03. The second kappa shape index (κ2) is 9.59. The van der Waals surface area contributed by atoms with Crippen molar-refractivity contribution < 1.29 is 13.2 Å². The summed E-state index contributed by atoms with van der Waals surface area (Å²) in [5.74, 6) is 0.777. The van der Waals surface area contributed by atoms with Crippen LogP contribution in [0.4, 0.5) is 15.6 Å². The zero-order chi connectivity index (χ0) is 23.9. The molecule has 8 nitrogen and oxygen atoms in total. The van der Waals surface area contributed by atoms with Crippen molar-refractivity contribution in [2.75, 3.05) is 49.2 Å². The number of likely N-dealkylation sites (N-methyl/N-ethyl adjacent to an activating group) is 1. The summed E-state index contributed by atoms with van der Waals surface area (Å²) < 4.78 is 27.4. The Kier molecular flexibility index (Phi) is 6.86. The van der Waals surface area contributed by atoms with Gasteiger partial charge >= 0.3 is 6.03 Å². The van der Waals surface area contributed by atoms with Crippen LogP contribution in [0.5, 0.6) is 0 Å². The molecule has 1 aromatic heterocycles. The molecule has 1 aliphatic carbocycles. The van der Waals surface area contributed by atoms with E-state index in [0.29, 0.717) is 23.2 Å². The van der Waals surface area contributed by atoms with Gasteiger partial charge in [0.15, 0.2) is 5.13 Å². The third kappa shape index (κ3) is 5.10. The number of carbonyl (C=O) groups is 1. The molecule has 2 amide bonds. The third-order valence-electron chi connectivity index (χ3n) is 6.60. The minimum absolute atomic E-state index is 0.0861. The molecule has 1 spiro atoms. The maximum Gasteiger partial charge on any atom is 0.328 e. The lowest BCUT2D eigenvalue weighted by molar-refractivity contribution is 0.256. The average Bonchev–Trinajstić information content (AvgIpc) is 3.37. The van der Waals surface area contributed by atoms with E-state index in [1.54, 1.807) is 18.0 Å². The summed E-state index contributed by atoms with van der Waals surface area (Å²) in [5.41, 5.74) is 1.97. The van der Waals surface area contributed by atoms with E-state index >= 15 is 0 Å². The molecule has 184 valence electrons. The second-order valence-electron chi connectivity index (χ2n) is 9.27. The number of rotatable bonds is 8. The minimum Gasteiger partial charge on any atom is -0.305 e. The molecule has 12 heteroatoms. The maximum absolute atomic E-state index is 13.2. The van der Waals surface area contributed by atoms with Crippen LogP contribution in [0.15, 0.2) is 28.6 Å². The van der Waals surface area contributed by atoms with Crippen LogP contribution in [-0.4, -0.2) is 68.6 Å². The fourth-order valence-corrected chi connectivity index (χ4v) is 8.22. The van der Waals surface area contributed by atoms with Gasteiger partial charge in [0.1, 0.15) is 0 Å². The molecule has 2 aromatic rings. The van der Waals surface area contributed by atoms with Crippen LogP contribution in [0.25, 0.3) is 0 Å². The van der Waals surface area contributed by atoms with Crippen molar-refractivity contribution in [2.24, 2.45) is 0 Å². The highest BCUT2D eigenvalue weighted by Gasteiger charge is 2.48. The second-order valence-corrected chi connectivity index (χ2v) is 14.2. The van der Waals surface area contributed by atoms with E-state index in [2.05, 4.69) is 27.0 Å². The highest BCUT2D eigenvalue weighted by Crippen LogP contribution is 2.47. The topological polar surface area (TPSA) is 94.6 Å². The van der Waals surface area contributed by atoms with E-state index in [-0.39, 0.29) is 16.7 Å². The van der Waals surface area contributed by atoms with E-state index in [0.717, 1.165) is 60.0 Å². The summed E-state index contributed by atoms with van der Waals surface area (Å²) >= 11 is 9.35. The quantitative estimate of drug-likeness (QED) is 0.388. The molecule has 0 radical (unpaired) electrons. The predicted molar refractivity (Wildman–Crippen MR) is 139 cm³/mol. The first kappa shape index (κ1) is 24.3. The van der Waals surface area contributed by atoms with Crippen molar-refractivity contribution in [1.29, 1.82) is 0 Å². The number of urea groups is 1. The molecular formula is C22H28ClN5O3S3. The molecule has 2 fully saturated rings. The first-order valence-electron chi connectivity index (χ1n) is 11.4. The lowest BCUT2D eigenvalue weighted by Crippen LogP contribution is -2.40. The number of aromatic nitrogens is 1. The number of amides is 2. The van der Waals surface area contributed by atoms with Crippen LogP contribution in [0.1, 0.15) is 31.2 Å². The number of halogens is 1. The Hall–Kier alpha value is -1.37. The molecule has 0 bridgehead atoms. The smallest absolute Gasteiger partial charge is 0.305 e. The van der Waals surface area contributed by atoms with Gasteiger partial charge in [-0.3, -0.25) is 10.2 Å². The highest BCUT2D eigenvalue weighted by atomic mass is 35.5. The average molecular weight is 542 g/mol. The summed E-state index contributed by atoms with van der Waals surface area (Å²) in [6.07, 6.45) is 5.03. The molecule has 3 aliphatic rings. The molecule has 1 atom stereocenters. The van der Waals surface area contributed by atoms with Crippen molar-refractivity contribution in [1.82, 2.24) is 14.6 Å². The summed E-state index contributed by atoms with van der Waals surface area (Å²) in [4.78, 5) is 21.7. The Morgan fingerprint density at radius 3 is 2.91 bits per heavy atom. The fraction of sp³-hybridized carbons (Fsp3) is 0.545. The van der Waals surface area contributed by atoms with Crippen LogP contribution >= 0.6 is 34.7 Å². The number of fused-ring (bicyclic) bond motifs is 2. The van der Waals surface area contributed by atoms with Crippen molar-refractivity contribution in [3.05, 3.63) is 35.0 Å². The molecule has 5 rings (SSSR count). The third-order valence-corrected chi connectivity index (χ3v) is 11.0. The van der Waals surface area contributed by atoms with Crippen LogP contribution in [-0.2, 0) is 15.4 Å². The van der Waals surface area contributed by atoms with Gasteiger partial charge in [0.05, 0.1) is 15.7 Å². The van der Waals surface area contributed by atoms with Crippen LogP contribution < -0.4 is 14.9 Å². The molecule has 1 unspecified atom stereocenters. The molecule has 3 heterocycles. The molecule has 1 saturated carbocycles. The van der Waals surface area contributed by atoms with E-state index in [9.17, 15) is 13.2 Å².